The maximum Gasteiger partial charge on any atom is 0.255 e. The van der Waals surface area contributed by atoms with Crippen LogP contribution >= 0.6 is 0 Å². The van der Waals surface area contributed by atoms with E-state index in [0.717, 1.165) is 16.5 Å². The molecule has 9 heteroatoms. The average Bonchev–Trinajstić information content (AvgIpc) is 3.25. The standard InChI is InChI=1S/C23H21B2FN4O2/c1-29-11-16-14(5-3-7-19(16)28-29)13-9-18(26)17(20(10-13)32-2)12-30-22(31)15-6-4-8-27-21(15)23(30,24)25/h3-11H,12,24-25H2,1-2H3. The molecule has 1 amide bonds. The zero-order chi connectivity index (χ0) is 22.6. The summed E-state index contributed by atoms with van der Waals surface area (Å²) in [6.45, 7) is 0.0779. The summed E-state index contributed by atoms with van der Waals surface area (Å²) >= 11 is 0. The van der Waals surface area contributed by atoms with Gasteiger partial charge in [-0.15, -0.1) is 0 Å². The molecule has 0 N–H and O–H groups in total. The van der Waals surface area contributed by atoms with E-state index in [9.17, 15) is 4.79 Å². The smallest absolute Gasteiger partial charge is 0.255 e. The summed E-state index contributed by atoms with van der Waals surface area (Å²) in [6.07, 6.45) is 3.59. The van der Waals surface area contributed by atoms with Crippen LogP contribution in [-0.2, 0) is 18.9 Å². The number of hydrogen-bond donors (Lipinski definition) is 0. The first-order valence-corrected chi connectivity index (χ1v) is 10.4. The number of aromatic nitrogens is 3. The fourth-order valence-electron chi connectivity index (χ4n) is 4.54. The van der Waals surface area contributed by atoms with Crippen LogP contribution in [0.15, 0.2) is 54.9 Å². The Hall–Kier alpha value is -3.61. The summed E-state index contributed by atoms with van der Waals surface area (Å²) in [5, 5.41) is 4.71. The Labute approximate surface area is 186 Å². The molecule has 0 atom stereocenters. The maximum atomic E-state index is 15.5. The van der Waals surface area contributed by atoms with Gasteiger partial charge in [-0.2, -0.15) is 5.10 Å². The minimum absolute atomic E-state index is 0.0779. The van der Waals surface area contributed by atoms with Crippen molar-refractivity contribution >= 4 is 32.5 Å². The van der Waals surface area contributed by atoms with E-state index in [1.54, 1.807) is 27.9 Å². The summed E-state index contributed by atoms with van der Waals surface area (Å²) in [4.78, 5) is 19.1. The Morgan fingerprint density at radius 1 is 1.16 bits per heavy atom. The van der Waals surface area contributed by atoms with Crippen molar-refractivity contribution in [2.24, 2.45) is 7.05 Å². The van der Waals surface area contributed by atoms with Crippen molar-refractivity contribution in [3.05, 3.63) is 77.5 Å². The van der Waals surface area contributed by atoms with Crippen LogP contribution in [0.5, 0.6) is 5.75 Å². The minimum Gasteiger partial charge on any atom is -0.496 e. The fraction of sp³-hybridized carbons (Fsp3) is 0.174. The van der Waals surface area contributed by atoms with E-state index in [1.807, 2.05) is 53.2 Å². The van der Waals surface area contributed by atoms with E-state index in [-0.39, 0.29) is 12.5 Å². The molecular weight excluding hydrogens is 405 g/mol. The first-order valence-electron chi connectivity index (χ1n) is 10.4. The highest BCUT2D eigenvalue weighted by atomic mass is 19.1. The Kier molecular flexibility index (Phi) is 4.58. The number of nitrogens with zero attached hydrogens (tertiary/aromatic N) is 4. The molecule has 0 aliphatic carbocycles. The Bertz CT molecular complexity index is 1390. The van der Waals surface area contributed by atoms with E-state index in [0.29, 0.717) is 28.1 Å². The lowest BCUT2D eigenvalue weighted by atomic mass is 9.59. The molecule has 0 radical (unpaired) electrons. The van der Waals surface area contributed by atoms with Crippen LogP contribution in [0.25, 0.3) is 22.0 Å². The largest absolute Gasteiger partial charge is 0.496 e. The highest BCUT2D eigenvalue weighted by Gasteiger charge is 2.44. The van der Waals surface area contributed by atoms with E-state index in [1.165, 1.54) is 13.2 Å². The molecule has 0 bridgehead atoms. The van der Waals surface area contributed by atoms with Crippen LogP contribution in [0.3, 0.4) is 0 Å². The highest BCUT2D eigenvalue weighted by Crippen LogP contribution is 2.38. The third kappa shape index (κ3) is 2.99. The van der Waals surface area contributed by atoms with Gasteiger partial charge < -0.3 is 9.64 Å². The van der Waals surface area contributed by atoms with Crippen LogP contribution < -0.4 is 4.74 Å². The van der Waals surface area contributed by atoms with Gasteiger partial charge in [-0.3, -0.25) is 14.5 Å². The summed E-state index contributed by atoms with van der Waals surface area (Å²) in [7, 11) is 7.22. The van der Waals surface area contributed by atoms with Crippen molar-refractivity contribution in [1.82, 2.24) is 19.7 Å². The van der Waals surface area contributed by atoms with Crippen molar-refractivity contribution in [2.75, 3.05) is 7.11 Å². The number of aryl methyl sites for hydroxylation is 1. The molecule has 6 nitrogen and oxygen atoms in total. The number of benzene rings is 2. The first kappa shape index (κ1) is 20.3. The number of halogens is 1. The highest BCUT2D eigenvalue weighted by molar-refractivity contribution is 6.42. The van der Waals surface area contributed by atoms with Crippen LogP contribution in [0.4, 0.5) is 4.39 Å². The molecule has 0 unspecified atom stereocenters. The van der Waals surface area contributed by atoms with Gasteiger partial charge in [-0.1, -0.05) is 12.1 Å². The number of carbonyl (C=O) groups is 1. The zero-order valence-electron chi connectivity index (χ0n) is 18.4. The minimum atomic E-state index is -0.662. The molecule has 0 saturated carbocycles. The van der Waals surface area contributed by atoms with E-state index in [4.69, 9.17) is 4.74 Å². The summed E-state index contributed by atoms with van der Waals surface area (Å²) in [5.41, 5.74) is 3.99. The van der Waals surface area contributed by atoms with Crippen LogP contribution in [0, 0.1) is 5.82 Å². The molecule has 1 aliphatic heterocycles. The maximum absolute atomic E-state index is 15.5. The molecular formula is C23H21B2FN4O2. The van der Waals surface area contributed by atoms with Gasteiger partial charge in [0.15, 0.2) is 0 Å². The lowest BCUT2D eigenvalue weighted by molar-refractivity contribution is 0.0728. The van der Waals surface area contributed by atoms with Gasteiger partial charge in [0, 0.05) is 35.7 Å². The molecule has 0 saturated heterocycles. The third-order valence-electron chi connectivity index (χ3n) is 6.20. The molecule has 1 aliphatic rings. The van der Waals surface area contributed by atoms with Gasteiger partial charge in [0.25, 0.3) is 5.91 Å². The molecule has 4 aromatic rings. The second-order valence-corrected chi connectivity index (χ2v) is 8.53. The van der Waals surface area contributed by atoms with Crippen LogP contribution in [-0.4, -0.2) is 48.4 Å². The SMILES string of the molecule is BC1(B)c2ncccc2C(=O)N1Cc1c(F)cc(-c2cccc3nn(C)cc23)cc1OC. The Morgan fingerprint density at radius 3 is 2.69 bits per heavy atom. The monoisotopic (exact) mass is 426 g/mol. The number of amides is 1. The van der Waals surface area contributed by atoms with Gasteiger partial charge in [-0.25, -0.2) is 4.39 Å². The lowest BCUT2D eigenvalue weighted by Gasteiger charge is -2.33. The predicted molar refractivity (Wildman–Crippen MR) is 126 cm³/mol. The zero-order valence-corrected chi connectivity index (χ0v) is 18.4. The molecule has 158 valence electrons. The quantitative estimate of drug-likeness (QED) is 0.468. The molecule has 3 heterocycles. The van der Waals surface area contributed by atoms with Crippen molar-refractivity contribution in [1.29, 1.82) is 0 Å². The number of hydrogen-bond acceptors (Lipinski definition) is 4. The van der Waals surface area contributed by atoms with Gasteiger partial charge in [0.2, 0.25) is 0 Å². The predicted octanol–water partition coefficient (Wildman–Crippen LogP) is 1.82. The van der Waals surface area contributed by atoms with Gasteiger partial charge >= 0.3 is 0 Å². The number of ether oxygens (including phenoxy) is 1. The summed E-state index contributed by atoms with van der Waals surface area (Å²) in [6, 6.07) is 12.6. The normalized spacial score (nSPS) is 14.7. The number of pyridine rings is 1. The second kappa shape index (κ2) is 7.22. The topological polar surface area (TPSA) is 60.2 Å². The molecule has 0 fully saturated rings. The Balaban J connectivity index is 1.57. The summed E-state index contributed by atoms with van der Waals surface area (Å²) < 4.78 is 22.8. The van der Waals surface area contributed by atoms with E-state index >= 15 is 4.39 Å². The van der Waals surface area contributed by atoms with Crippen LogP contribution in [0.1, 0.15) is 21.6 Å². The number of rotatable bonds is 4. The summed E-state index contributed by atoms with van der Waals surface area (Å²) in [5.74, 6) is -0.190. The van der Waals surface area contributed by atoms with Gasteiger partial charge in [-0.05, 0) is 41.5 Å². The van der Waals surface area contributed by atoms with Crippen molar-refractivity contribution in [3.63, 3.8) is 0 Å². The van der Waals surface area contributed by atoms with Crippen molar-refractivity contribution in [3.8, 4) is 16.9 Å². The number of carbonyl (C=O) groups excluding carboxylic acids is 1. The molecule has 2 aromatic heterocycles. The molecule has 32 heavy (non-hydrogen) atoms. The lowest BCUT2D eigenvalue weighted by Crippen LogP contribution is -2.44. The van der Waals surface area contributed by atoms with E-state index < -0.39 is 11.2 Å². The van der Waals surface area contributed by atoms with Crippen LogP contribution in [0.2, 0.25) is 0 Å². The third-order valence-corrected chi connectivity index (χ3v) is 6.20. The average molecular weight is 426 g/mol. The van der Waals surface area contributed by atoms with Crippen molar-refractivity contribution < 1.29 is 13.9 Å². The van der Waals surface area contributed by atoms with Crippen molar-refractivity contribution in [2.45, 2.75) is 11.9 Å². The number of fused-ring (bicyclic) bond motifs is 2. The first-order chi connectivity index (χ1) is 15.3. The molecule has 2 aromatic carbocycles. The van der Waals surface area contributed by atoms with Gasteiger partial charge in [0.1, 0.15) is 27.3 Å². The molecule has 5 rings (SSSR count). The van der Waals surface area contributed by atoms with Gasteiger partial charge in [0.05, 0.1) is 30.4 Å². The number of methoxy groups -OCH3 is 1. The van der Waals surface area contributed by atoms with E-state index in [2.05, 4.69) is 10.1 Å². The fourth-order valence-corrected chi connectivity index (χ4v) is 4.54. The second-order valence-electron chi connectivity index (χ2n) is 8.53. The Morgan fingerprint density at radius 2 is 1.94 bits per heavy atom. The molecule has 0 spiro atoms.